The Bertz CT molecular complexity index is 1640. The van der Waals surface area contributed by atoms with Crippen LogP contribution < -0.4 is 21.3 Å². The lowest BCUT2D eigenvalue weighted by atomic mass is 9.85. The number of rotatable bonds is 15. The first-order valence-electron chi connectivity index (χ1n) is 17.6. The fourth-order valence-corrected chi connectivity index (χ4v) is 7.24. The van der Waals surface area contributed by atoms with Crippen molar-refractivity contribution in [2.75, 3.05) is 32.9 Å². The van der Waals surface area contributed by atoms with E-state index in [1.54, 1.807) is 32.9 Å². The highest BCUT2D eigenvalue weighted by Gasteiger charge is 2.70. The molecule has 0 aromatic heterocycles. The first-order chi connectivity index (χ1) is 24.2. The molecule has 3 rings (SSSR count). The van der Waals surface area contributed by atoms with E-state index in [0.29, 0.717) is 5.56 Å². The standard InChI is InChI=1S/C36H56F2N6O8S/c1-34(2,3)24(19-43(9)53(10,51)52)41-33(50)42-28(35(4,5)6)31(47)44-18-22-26(36(22,7)8)27(44)30(46)40-23(17-25(37)38)29(45)39-16-15-20-11-13-21(14-12-20)32(48)49/h11-14,22-28H,15-19H2,1-10H3,(H,39,45)(H,40,46)(H,48,49)(H2,41,42,50)/t22-,23?,24+,26-,27-,28+/m0/s1. The number of carbonyl (C=O) groups is 5. The Balaban J connectivity index is 1.78. The second-order valence-electron chi connectivity index (χ2n) is 17.0. The lowest BCUT2D eigenvalue weighted by Crippen LogP contribution is -2.62. The number of benzene rings is 1. The van der Waals surface area contributed by atoms with E-state index in [2.05, 4.69) is 21.3 Å². The monoisotopic (exact) mass is 770 g/mol. The van der Waals surface area contributed by atoms with Crippen LogP contribution in [0, 0.1) is 28.1 Å². The van der Waals surface area contributed by atoms with Crippen LogP contribution in [0.2, 0.25) is 0 Å². The number of carbonyl (C=O) groups excluding carboxylic acids is 4. The summed E-state index contributed by atoms with van der Waals surface area (Å²) in [6.07, 6.45) is -2.55. The van der Waals surface area contributed by atoms with Gasteiger partial charge < -0.3 is 31.3 Å². The summed E-state index contributed by atoms with van der Waals surface area (Å²) < 4.78 is 52.8. The number of aromatic carboxylic acids is 1. The van der Waals surface area contributed by atoms with Crippen LogP contribution in [-0.2, 0) is 30.8 Å². The summed E-state index contributed by atoms with van der Waals surface area (Å²) in [6.45, 7) is 14.8. The number of alkyl halides is 2. The van der Waals surface area contributed by atoms with E-state index in [4.69, 9.17) is 5.11 Å². The van der Waals surface area contributed by atoms with Gasteiger partial charge in [0.25, 0.3) is 0 Å². The first-order valence-corrected chi connectivity index (χ1v) is 19.5. The van der Waals surface area contributed by atoms with Crippen LogP contribution in [0.4, 0.5) is 13.6 Å². The van der Waals surface area contributed by atoms with Crippen LogP contribution in [0.15, 0.2) is 24.3 Å². The van der Waals surface area contributed by atoms with E-state index in [1.165, 1.54) is 24.1 Å². The molecule has 2 fully saturated rings. The Hall–Kier alpha value is -3.86. The van der Waals surface area contributed by atoms with Gasteiger partial charge in [-0.1, -0.05) is 67.5 Å². The van der Waals surface area contributed by atoms with Crippen LogP contribution in [0.5, 0.6) is 0 Å². The number of fused-ring (bicyclic) bond motifs is 1. The maximum atomic E-state index is 14.3. The van der Waals surface area contributed by atoms with Gasteiger partial charge in [-0.15, -0.1) is 0 Å². The third-order valence-corrected chi connectivity index (χ3v) is 11.7. The molecule has 0 spiro atoms. The highest BCUT2D eigenvalue weighted by Crippen LogP contribution is 2.65. The highest BCUT2D eigenvalue weighted by molar-refractivity contribution is 7.88. The Morgan fingerprint density at radius 2 is 1.57 bits per heavy atom. The van der Waals surface area contributed by atoms with E-state index in [0.717, 1.165) is 10.6 Å². The molecular formula is C36H56F2N6O8S. The molecule has 5 amide bonds. The maximum Gasteiger partial charge on any atom is 0.335 e. The Morgan fingerprint density at radius 3 is 2.06 bits per heavy atom. The normalized spacial score (nSPS) is 21.3. The van der Waals surface area contributed by atoms with Gasteiger partial charge in [-0.3, -0.25) is 14.4 Å². The molecule has 1 aromatic rings. The van der Waals surface area contributed by atoms with Gasteiger partial charge in [0.1, 0.15) is 18.1 Å². The minimum atomic E-state index is -3.55. The number of amides is 5. The second kappa shape index (κ2) is 16.2. The van der Waals surface area contributed by atoms with Crippen molar-refractivity contribution < 1.29 is 46.3 Å². The molecule has 0 radical (unpaired) electrons. The summed E-state index contributed by atoms with van der Waals surface area (Å²) in [6, 6.07) is 0.794. The molecule has 1 saturated heterocycles. The van der Waals surface area contributed by atoms with Gasteiger partial charge in [0.05, 0.1) is 11.8 Å². The third-order valence-electron chi connectivity index (χ3n) is 10.5. The van der Waals surface area contributed by atoms with Gasteiger partial charge in [-0.25, -0.2) is 31.1 Å². The molecule has 1 aliphatic carbocycles. The number of piperidine rings is 1. The molecule has 1 heterocycles. The summed E-state index contributed by atoms with van der Waals surface area (Å²) in [7, 11) is -2.15. The number of halogens is 2. The minimum absolute atomic E-state index is 0.0239. The Labute approximate surface area is 311 Å². The number of likely N-dealkylation sites (tertiary alicyclic amines) is 1. The molecule has 2 aliphatic rings. The van der Waals surface area contributed by atoms with Crippen LogP contribution in [0.1, 0.15) is 77.7 Å². The lowest BCUT2D eigenvalue weighted by molar-refractivity contribution is -0.144. The smallest absolute Gasteiger partial charge is 0.335 e. The van der Waals surface area contributed by atoms with Crippen molar-refractivity contribution in [3.63, 3.8) is 0 Å². The molecule has 17 heteroatoms. The average Bonchev–Trinajstić information content (AvgIpc) is 3.32. The SMILES string of the molecule is CN(C[C@@H](NC(=O)N[C@H](C(=O)N1C[C@H]2[C@@H]([C@H]1C(=O)NC(CC(F)F)C(=O)NCCc1ccc(C(=O)O)cc1)C2(C)C)C(C)(C)C)C(C)(C)C)S(C)(=O)=O. The zero-order valence-corrected chi connectivity index (χ0v) is 33.1. The van der Waals surface area contributed by atoms with E-state index < -0.39 is 87.6 Å². The Kier molecular flexibility index (Phi) is 13.3. The van der Waals surface area contributed by atoms with Crippen molar-refractivity contribution >= 4 is 39.7 Å². The number of nitrogens with one attached hydrogen (secondary N) is 4. The molecule has 53 heavy (non-hydrogen) atoms. The van der Waals surface area contributed by atoms with Crippen LogP contribution in [-0.4, -0.2) is 116 Å². The minimum Gasteiger partial charge on any atom is -0.478 e. The fraction of sp³-hybridized carbons (Fsp3) is 0.694. The van der Waals surface area contributed by atoms with Gasteiger partial charge in [0, 0.05) is 39.1 Å². The average molecular weight is 771 g/mol. The molecule has 14 nitrogen and oxygen atoms in total. The summed E-state index contributed by atoms with van der Waals surface area (Å²) in [5.41, 5.74) is -0.974. The quantitative estimate of drug-likeness (QED) is 0.180. The maximum absolute atomic E-state index is 14.3. The number of urea groups is 1. The molecular weight excluding hydrogens is 714 g/mol. The van der Waals surface area contributed by atoms with Crippen molar-refractivity contribution in [1.82, 2.24) is 30.5 Å². The van der Waals surface area contributed by atoms with Gasteiger partial charge in [-0.05, 0) is 52.2 Å². The third kappa shape index (κ3) is 11.1. The van der Waals surface area contributed by atoms with Gasteiger partial charge in [-0.2, -0.15) is 0 Å². The van der Waals surface area contributed by atoms with E-state index in [9.17, 15) is 41.2 Å². The number of nitrogens with zero attached hydrogens (tertiary/aromatic N) is 2. The largest absolute Gasteiger partial charge is 0.478 e. The number of hydrogen-bond acceptors (Lipinski definition) is 7. The van der Waals surface area contributed by atoms with Gasteiger partial charge in [0.15, 0.2) is 0 Å². The number of carboxylic acid groups (broad SMARTS) is 1. The van der Waals surface area contributed by atoms with Crippen molar-refractivity contribution in [2.45, 2.75) is 98.8 Å². The number of carboxylic acids is 1. The number of hydrogen-bond donors (Lipinski definition) is 5. The molecule has 298 valence electrons. The summed E-state index contributed by atoms with van der Waals surface area (Å²) in [5, 5.41) is 19.7. The first kappa shape index (κ1) is 43.5. The van der Waals surface area contributed by atoms with E-state index in [-0.39, 0.29) is 48.9 Å². The highest BCUT2D eigenvalue weighted by atomic mass is 32.2. The molecule has 6 atom stereocenters. The summed E-state index contributed by atoms with van der Waals surface area (Å²) in [4.78, 5) is 67.4. The van der Waals surface area contributed by atoms with Crippen LogP contribution in [0.3, 0.4) is 0 Å². The van der Waals surface area contributed by atoms with Crippen molar-refractivity contribution in [3.05, 3.63) is 35.4 Å². The second-order valence-corrected chi connectivity index (χ2v) is 19.1. The lowest BCUT2D eigenvalue weighted by Gasteiger charge is -2.39. The molecule has 1 aliphatic heterocycles. The van der Waals surface area contributed by atoms with Crippen molar-refractivity contribution in [3.8, 4) is 0 Å². The van der Waals surface area contributed by atoms with Gasteiger partial charge >= 0.3 is 12.0 Å². The Morgan fingerprint density at radius 1 is 0.981 bits per heavy atom. The zero-order chi connectivity index (χ0) is 40.4. The molecule has 0 bridgehead atoms. The molecule has 1 aromatic carbocycles. The zero-order valence-electron chi connectivity index (χ0n) is 32.2. The van der Waals surface area contributed by atoms with Crippen LogP contribution >= 0.6 is 0 Å². The van der Waals surface area contributed by atoms with E-state index >= 15 is 0 Å². The van der Waals surface area contributed by atoms with Crippen molar-refractivity contribution in [1.29, 1.82) is 0 Å². The van der Waals surface area contributed by atoms with Gasteiger partial charge in [0.2, 0.25) is 34.2 Å². The molecule has 1 unspecified atom stereocenters. The topological polar surface area (TPSA) is 194 Å². The predicted molar refractivity (Wildman–Crippen MR) is 195 cm³/mol. The summed E-state index contributed by atoms with van der Waals surface area (Å²) >= 11 is 0. The predicted octanol–water partition coefficient (Wildman–Crippen LogP) is 2.69. The fourth-order valence-electron chi connectivity index (χ4n) is 6.82. The van der Waals surface area contributed by atoms with Crippen molar-refractivity contribution in [2.24, 2.45) is 28.1 Å². The number of sulfonamides is 1. The van der Waals surface area contributed by atoms with Crippen LogP contribution in [0.25, 0.3) is 0 Å². The number of likely N-dealkylation sites (N-methyl/N-ethyl adjacent to an activating group) is 1. The van der Waals surface area contributed by atoms with E-state index in [1.807, 2.05) is 34.6 Å². The molecule has 5 N–H and O–H groups in total. The molecule has 1 saturated carbocycles. The summed E-state index contributed by atoms with van der Waals surface area (Å²) in [5.74, 6) is -3.62.